The van der Waals surface area contributed by atoms with Crippen molar-refractivity contribution in [2.75, 3.05) is 28.6 Å². The smallest absolute Gasteiger partial charge is 0.411 e. The largest absolute Gasteiger partial charge is 0.444 e. The van der Waals surface area contributed by atoms with Gasteiger partial charge in [-0.1, -0.05) is 78.9 Å². The SMILES string of the molecule is O=C(Nc1ccc(C(=O)N2CCC(N3C(=O)CCc4ccccc43)CC2)c(NC(=O)OCc2ccccc2)c1)OCc1ccccc1. The van der Waals surface area contributed by atoms with Gasteiger partial charge in [-0.25, -0.2) is 9.59 Å². The van der Waals surface area contributed by atoms with Gasteiger partial charge in [0.1, 0.15) is 13.2 Å². The third kappa shape index (κ3) is 7.78. The first kappa shape index (κ1) is 31.3. The molecule has 0 unspecified atom stereocenters. The van der Waals surface area contributed by atoms with Crippen molar-refractivity contribution in [3.05, 3.63) is 125 Å². The van der Waals surface area contributed by atoms with Crippen LogP contribution in [0, 0.1) is 0 Å². The average Bonchev–Trinajstić information content (AvgIpc) is 3.11. The van der Waals surface area contributed by atoms with E-state index in [0.29, 0.717) is 38.0 Å². The second-order valence-corrected chi connectivity index (χ2v) is 11.5. The minimum absolute atomic E-state index is 0.00738. The Morgan fingerprint density at radius 1 is 0.702 bits per heavy atom. The fourth-order valence-corrected chi connectivity index (χ4v) is 6.01. The van der Waals surface area contributed by atoms with E-state index in [2.05, 4.69) is 16.7 Å². The molecule has 0 aromatic heterocycles. The van der Waals surface area contributed by atoms with Gasteiger partial charge in [0.2, 0.25) is 5.91 Å². The Kier molecular flexibility index (Phi) is 9.76. The molecule has 2 aliphatic rings. The zero-order valence-electron chi connectivity index (χ0n) is 25.9. The summed E-state index contributed by atoms with van der Waals surface area (Å²) in [4.78, 5) is 55.9. The van der Waals surface area contributed by atoms with E-state index >= 15 is 0 Å². The molecule has 0 bridgehead atoms. The molecule has 47 heavy (non-hydrogen) atoms. The van der Waals surface area contributed by atoms with Gasteiger partial charge < -0.3 is 19.3 Å². The summed E-state index contributed by atoms with van der Waals surface area (Å²) in [7, 11) is 0. The van der Waals surface area contributed by atoms with Crippen LogP contribution in [0.15, 0.2) is 103 Å². The number of benzene rings is 4. The highest BCUT2D eigenvalue weighted by Crippen LogP contribution is 2.33. The zero-order chi connectivity index (χ0) is 32.6. The molecule has 10 nitrogen and oxygen atoms in total. The van der Waals surface area contributed by atoms with Crippen molar-refractivity contribution in [3.8, 4) is 0 Å². The molecule has 6 rings (SSSR count). The minimum atomic E-state index is -0.743. The number of piperidine rings is 1. The van der Waals surface area contributed by atoms with Crippen molar-refractivity contribution >= 4 is 41.1 Å². The molecule has 2 N–H and O–H groups in total. The lowest BCUT2D eigenvalue weighted by Gasteiger charge is -2.41. The number of carbonyl (C=O) groups is 4. The third-order valence-corrected chi connectivity index (χ3v) is 8.40. The first-order chi connectivity index (χ1) is 22.9. The Balaban J connectivity index is 1.14. The fraction of sp³-hybridized carbons (Fsp3) is 0.243. The monoisotopic (exact) mass is 632 g/mol. The number of hydrogen-bond acceptors (Lipinski definition) is 6. The normalized spacial score (nSPS) is 14.6. The Labute approximate surface area is 273 Å². The number of carbonyl (C=O) groups excluding carboxylic acids is 4. The highest BCUT2D eigenvalue weighted by atomic mass is 16.6. The molecule has 0 aliphatic carbocycles. The van der Waals surface area contributed by atoms with Crippen LogP contribution < -0.4 is 15.5 Å². The van der Waals surface area contributed by atoms with Gasteiger partial charge in [-0.3, -0.25) is 20.2 Å². The Morgan fingerprint density at radius 3 is 1.96 bits per heavy atom. The number of para-hydroxylation sites is 1. The first-order valence-electron chi connectivity index (χ1n) is 15.7. The van der Waals surface area contributed by atoms with Crippen LogP contribution in [0.25, 0.3) is 0 Å². The van der Waals surface area contributed by atoms with E-state index in [1.165, 1.54) is 6.07 Å². The standard InChI is InChI=1S/C37H36N4O6/c42-34-18-15-28-13-7-8-14-33(28)41(34)30-19-21-40(22-20-30)35(43)31-17-16-29(38-36(44)46-24-26-9-3-1-4-10-26)23-32(31)39-37(45)47-25-27-11-5-2-6-12-27/h1-14,16-17,23,30H,15,18-22,24-25H2,(H,38,44)(H,39,45). The van der Waals surface area contributed by atoms with Gasteiger partial charge in [0.25, 0.3) is 5.91 Å². The van der Waals surface area contributed by atoms with E-state index in [9.17, 15) is 19.2 Å². The molecular formula is C37H36N4O6. The Hall–Kier alpha value is -5.64. The number of nitrogens with one attached hydrogen (secondary N) is 2. The van der Waals surface area contributed by atoms with Gasteiger partial charge in [-0.05, 0) is 60.2 Å². The van der Waals surface area contributed by atoms with Crippen LogP contribution in [0.1, 0.15) is 46.3 Å². The van der Waals surface area contributed by atoms with Crippen molar-refractivity contribution in [2.24, 2.45) is 0 Å². The van der Waals surface area contributed by atoms with Crippen molar-refractivity contribution < 1.29 is 28.7 Å². The Morgan fingerprint density at radius 2 is 1.30 bits per heavy atom. The number of rotatable bonds is 8. The molecule has 0 radical (unpaired) electrons. The molecular weight excluding hydrogens is 596 g/mol. The average molecular weight is 633 g/mol. The number of likely N-dealkylation sites (tertiary alicyclic amines) is 1. The van der Waals surface area contributed by atoms with Gasteiger partial charge in [-0.2, -0.15) is 0 Å². The summed E-state index contributed by atoms with van der Waals surface area (Å²) >= 11 is 0. The van der Waals surface area contributed by atoms with Crippen LogP contribution in [-0.2, 0) is 33.9 Å². The molecule has 240 valence electrons. The van der Waals surface area contributed by atoms with Crippen LogP contribution in [0.2, 0.25) is 0 Å². The van der Waals surface area contributed by atoms with E-state index in [-0.39, 0.29) is 42.3 Å². The van der Waals surface area contributed by atoms with E-state index in [1.807, 2.05) is 83.8 Å². The number of anilines is 3. The molecule has 2 aliphatic heterocycles. The van der Waals surface area contributed by atoms with Crippen LogP contribution >= 0.6 is 0 Å². The van der Waals surface area contributed by atoms with E-state index in [4.69, 9.17) is 9.47 Å². The highest BCUT2D eigenvalue weighted by Gasteiger charge is 2.34. The lowest BCUT2D eigenvalue weighted by atomic mass is 9.95. The molecule has 2 heterocycles. The summed E-state index contributed by atoms with van der Waals surface area (Å²) in [5.74, 6) is -0.162. The molecule has 4 aromatic carbocycles. The van der Waals surface area contributed by atoms with Crippen LogP contribution in [-0.4, -0.2) is 48.0 Å². The van der Waals surface area contributed by atoms with Crippen LogP contribution in [0.3, 0.4) is 0 Å². The maximum absolute atomic E-state index is 13.9. The Bertz CT molecular complexity index is 1740. The van der Waals surface area contributed by atoms with E-state index in [0.717, 1.165) is 28.8 Å². The zero-order valence-corrected chi connectivity index (χ0v) is 25.9. The maximum atomic E-state index is 13.9. The van der Waals surface area contributed by atoms with Gasteiger partial charge in [0.15, 0.2) is 0 Å². The third-order valence-electron chi connectivity index (χ3n) is 8.40. The van der Waals surface area contributed by atoms with Gasteiger partial charge >= 0.3 is 12.2 Å². The summed E-state index contributed by atoms with van der Waals surface area (Å²) in [5.41, 5.74) is 4.55. The fourth-order valence-electron chi connectivity index (χ4n) is 6.01. The summed E-state index contributed by atoms with van der Waals surface area (Å²) < 4.78 is 10.8. The molecule has 0 spiro atoms. The van der Waals surface area contributed by atoms with Crippen molar-refractivity contribution in [1.29, 1.82) is 0 Å². The number of hydrogen-bond donors (Lipinski definition) is 2. The highest BCUT2D eigenvalue weighted by molar-refractivity contribution is 6.04. The number of nitrogens with zero attached hydrogens (tertiary/aromatic N) is 2. The molecule has 0 atom stereocenters. The quantitative estimate of drug-likeness (QED) is 0.222. The second-order valence-electron chi connectivity index (χ2n) is 11.5. The van der Waals surface area contributed by atoms with Crippen molar-refractivity contribution in [3.63, 3.8) is 0 Å². The minimum Gasteiger partial charge on any atom is -0.444 e. The van der Waals surface area contributed by atoms with Crippen LogP contribution in [0.5, 0.6) is 0 Å². The molecule has 4 aromatic rings. The molecule has 10 heteroatoms. The van der Waals surface area contributed by atoms with Gasteiger partial charge in [0.05, 0.1) is 11.3 Å². The van der Waals surface area contributed by atoms with Crippen molar-refractivity contribution in [2.45, 2.75) is 44.9 Å². The topological polar surface area (TPSA) is 117 Å². The second kappa shape index (κ2) is 14.6. The predicted octanol–water partition coefficient (Wildman–Crippen LogP) is 6.77. The summed E-state index contributed by atoms with van der Waals surface area (Å²) in [6.45, 7) is 1.02. The lowest BCUT2D eigenvalue weighted by molar-refractivity contribution is -0.119. The number of aryl methyl sites for hydroxylation is 1. The van der Waals surface area contributed by atoms with E-state index in [1.54, 1.807) is 17.0 Å². The summed E-state index contributed by atoms with van der Waals surface area (Å²) in [6, 6.07) is 31.2. The number of ether oxygens (including phenoxy) is 2. The molecule has 0 saturated carbocycles. The summed E-state index contributed by atoms with van der Waals surface area (Å²) in [5, 5.41) is 5.36. The molecule has 1 fully saturated rings. The summed E-state index contributed by atoms with van der Waals surface area (Å²) in [6.07, 6.45) is 1.05. The number of fused-ring (bicyclic) bond motifs is 1. The predicted molar refractivity (Wildman–Crippen MR) is 178 cm³/mol. The lowest BCUT2D eigenvalue weighted by Crippen LogP contribution is -2.50. The maximum Gasteiger partial charge on any atom is 0.411 e. The van der Waals surface area contributed by atoms with Crippen LogP contribution in [0.4, 0.5) is 26.7 Å². The van der Waals surface area contributed by atoms with Crippen molar-refractivity contribution in [1.82, 2.24) is 4.90 Å². The molecule has 4 amide bonds. The number of amides is 4. The van der Waals surface area contributed by atoms with E-state index < -0.39 is 12.2 Å². The molecule has 1 saturated heterocycles. The van der Waals surface area contributed by atoms with Gasteiger partial charge in [0, 0.05) is 36.9 Å². The first-order valence-corrected chi connectivity index (χ1v) is 15.7. The van der Waals surface area contributed by atoms with Gasteiger partial charge in [-0.15, -0.1) is 0 Å².